The molecule has 0 aliphatic carbocycles. The van der Waals surface area contributed by atoms with Crippen LogP contribution in [0.5, 0.6) is 0 Å². The van der Waals surface area contributed by atoms with Crippen LogP contribution in [-0.4, -0.2) is 16.7 Å². The number of carbonyl (C=O) groups excluding carboxylic acids is 1. The monoisotopic (exact) mass is 291 g/mol. The van der Waals surface area contributed by atoms with Gasteiger partial charge in [0.25, 0.3) is 5.91 Å². The summed E-state index contributed by atoms with van der Waals surface area (Å²) in [5, 5.41) is 2.83. The number of benzene rings is 1. The molecule has 3 rings (SSSR count). The number of hydrogen-bond acceptors (Lipinski definition) is 3. The van der Waals surface area contributed by atoms with Crippen LogP contribution in [0.2, 0.25) is 0 Å². The van der Waals surface area contributed by atoms with Crippen LogP contribution in [0.4, 0.5) is 0 Å². The van der Waals surface area contributed by atoms with Crippen LogP contribution in [0.1, 0.15) is 23.1 Å². The molecule has 1 aromatic heterocycles. The Kier molecular flexibility index (Phi) is 4.10. The first-order chi connectivity index (χ1) is 10.7. The van der Waals surface area contributed by atoms with Gasteiger partial charge in [-0.1, -0.05) is 35.9 Å². The Hall–Kier alpha value is -2.75. The molecule has 110 valence electrons. The molecule has 4 nitrogen and oxygen atoms in total. The van der Waals surface area contributed by atoms with E-state index in [1.165, 1.54) is 11.1 Å². The molecule has 1 aliphatic heterocycles. The second-order valence-electron chi connectivity index (χ2n) is 5.31. The molecule has 0 atom stereocenters. The van der Waals surface area contributed by atoms with E-state index in [4.69, 9.17) is 0 Å². The van der Waals surface area contributed by atoms with Gasteiger partial charge in [0.1, 0.15) is 11.5 Å². The quantitative estimate of drug-likeness (QED) is 0.881. The number of hydrogen-bond donors (Lipinski definition) is 1. The maximum atomic E-state index is 11.9. The Morgan fingerprint density at radius 1 is 1.14 bits per heavy atom. The molecule has 0 saturated heterocycles. The van der Waals surface area contributed by atoms with Gasteiger partial charge in [0.15, 0.2) is 0 Å². The van der Waals surface area contributed by atoms with Gasteiger partial charge in [-0.25, -0.2) is 4.99 Å². The van der Waals surface area contributed by atoms with Crippen molar-refractivity contribution in [3.63, 3.8) is 0 Å². The molecule has 2 heterocycles. The smallest absolute Gasteiger partial charge is 0.275 e. The summed E-state index contributed by atoms with van der Waals surface area (Å²) in [6, 6.07) is 12.1. The second-order valence-corrected chi connectivity index (χ2v) is 5.31. The summed E-state index contributed by atoms with van der Waals surface area (Å²) in [5.74, 6) is 0.573. The molecular formula is C18H17N3O. The predicted octanol–water partition coefficient (Wildman–Crippen LogP) is 2.89. The van der Waals surface area contributed by atoms with Crippen molar-refractivity contribution < 1.29 is 4.79 Å². The molecule has 0 bridgehead atoms. The summed E-state index contributed by atoms with van der Waals surface area (Å²) in [6.07, 6.45) is 6.74. The van der Waals surface area contributed by atoms with Crippen LogP contribution < -0.4 is 5.32 Å². The van der Waals surface area contributed by atoms with E-state index in [-0.39, 0.29) is 5.91 Å². The third-order valence-electron chi connectivity index (χ3n) is 3.50. The fourth-order valence-corrected chi connectivity index (χ4v) is 2.27. The van der Waals surface area contributed by atoms with Crippen LogP contribution in [0, 0.1) is 6.92 Å². The van der Waals surface area contributed by atoms with Crippen LogP contribution >= 0.6 is 0 Å². The lowest BCUT2D eigenvalue weighted by atomic mass is 10.1. The molecule has 22 heavy (non-hydrogen) atoms. The molecule has 1 aliphatic rings. The summed E-state index contributed by atoms with van der Waals surface area (Å²) in [4.78, 5) is 20.3. The van der Waals surface area contributed by atoms with E-state index in [1.54, 1.807) is 18.5 Å². The summed E-state index contributed by atoms with van der Waals surface area (Å²) in [6.45, 7) is 2.07. The lowest BCUT2D eigenvalue weighted by molar-refractivity contribution is -0.115. The first-order valence-electron chi connectivity index (χ1n) is 7.27. The Labute approximate surface area is 129 Å². The van der Waals surface area contributed by atoms with E-state index in [9.17, 15) is 4.79 Å². The van der Waals surface area contributed by atoms with E-state index < -0.39 is 0 Å². The summed E-state index contributed by atoms with van der Waals surface area (Å²) in [7, 11) is 0. The molecule has 1 N–H and O–H groups in total. The zero-order chi connectivity index (χ0) is 15.4. The number of amidine groups is 1. The van der Waals surface area contributed by atoms with Gasteiger partial charge in [0.05, 0.1) is 0 Å². The number of rotatable bonds is 4. The van der Waals surface area contributed by atoms with Gasteiger partial charge >= 0.3 is 0 Å². The standard InChI is InChI=1S/C18H17N3O/c1-13-4-6-14(7-5-13)8-9-17-20-16(18(22)21-17)11-15-3-2-10-19-12-15/h2-7,10-12H,8-9H2,1H3,(H,20,21,22)/b16-11+. The number of carbonyl (C=O) groups is 1. The van der Waals surface area contributed by atoms with E-state index >= 15 is 0 Å². The molecule has 1 aromatic carbocycles. The van der Waals surface area contributed by atoms with E-state index in [2.05, 4.69) is 46.5 Å². The number of aromatic nitrogens is 1. The van der Waals surface area contributed by atoms with Crippen molar-refractivity contribution in [1.82, 2.24) is 10.3 Å². The SMILES string of the molecule is Cc1ccc(CCC2=N/C(=C/c3cccnc3)C(=O)N2)cc1. The lowest BCUT2D eigenvalue weighted by Crippen LogP contribution is -2.24. The summed E-state index contributed by atoms with van der Waals surface area (Å²) < 4.78 is 0. The van der Waals surface area contributed by atoms with Crippen molar-refractivity contribution in [2.24, 2.45) is 4.99 Å². The van der Waals surface area contributed by atoms with Gasteiger partial charge < -0.3 is 5.32 Å². The third-order valence-corrected chi connectivity index (χ3v) is 3.50. The van der Waals surface area contributed by atoms with Gasteiger partial charge in [0, 0.05) is 18.8 Å². The lowest BCUT2D eigenvalue weighted by Gasteiger charge is -2.02. The van der Waals surface area contributed by atoms with Crippen LogP contribution in [0.3, 0.4) is 0 Å². The third kappa shape index (κ3) is 3.47. The van der Waals surface area contributed by atoms with Crippen molar-refractivity contribution in [1.29, 1.82) is 0 Å². The predicted molar refractivity (Wildman–Crippen MR) is 87.3 cm³/mol. The van der Waals surface area contributed by atoms with Gasteiger partial charge in [-0.3, -0.25) is 9.78 Å². The van der Waals surface area contributed by atoms with Gasteiger partial charge in [-0.05, 0) is 36.6 Å². The average Bonchev–Trinajstić information content (AvgIpc) is 2.88. The highest BCUT2D eigenvalue weighted by atomic mass is 16.2. The van der Waals surface area contributed by atoms with Crippen LogP contribution in [-0.2, 0) is 11.2 Å². The van der Waals surface area contributed by atoms with Gasteiger partial charge in [-0.15, -0.1) is 0 Å². The highest BCUT2D eigenvalue weighted by Crippen LogP contribution is 2.14. The number of nitrogens with one attached hydrogen (secondary N) is 1. The zero-order valence-electron chi connectivity index (χ0n) is 12.4. The normalized spacial score (nSPS) is 15.8. The van der Waals surface area contributed by atoms with Crippen molar-refractivity contribution >= 4 is 17.8 Å². The number of nitrogens with zero attached hydrogens (tertiary/aromatic N) is 2. The van der Waals surface area contributed by atoms with Gasteiger partial charge in [-0.2, -0.15) is 0 Å². The molecule has 0 fully saturated rings. The molecule has 4 heteroatoms. The number of amides is 1. The maximum absolute atomic E-state index is 11.9. The van der Waals surface area contributed by atoms with Crippen LogP contribution in [0.25, 0.3) is 6.08 Å². The molecule has 0 radical (unpaired) electrons. The number of aliphatic imine (C=N–C) groups is 1. The molecule has 1 amide bonds. The Morgan fingerprint density at radius 3 is 2.68 bits per heavy atom. The highest BCUT2D eigenvalue weighted by molar-refractivity contribution is 6.14. The highest BCUT2D eigenvalue weighted by Gasteiger charge is 2.19. The van der Waals surface area contributed by atoms with Crippen LogP contribution in [0.15, 0.2) is 59.5 Å². The fraction of sp³-hybridized carbons (Fsp3) is 0.167. The molecule has 0 unspecified atom stereocenters. The molecule has 0 spiro atoms. The topological polar surface area (TPSA) is 54.4 Å². The molecule has 2 aromatic rings. The molecule has 0 saturated carbocycles. The van der Waals surface area contributed by atoms with E-state index in [1.807, 2.05) is 12.1 Å². The van der Waals surface area contributed by atoms with E-state index in [0.717, 1.165) is 24.2 Å². The Morgan fingerprint density at radius 2 is 1.95 bits per heavy atom. The minimum absolute atomic E-state index is 0.150. The zero-order valence-corrected chi connectivity index (χ0v) is 12.4. The summed E-state index contributed by atoms with van der Waals surface area (Å²) in [5.41, 5.74) is 3.80. The first-order valence-corrected chi connectivity index (χ1v) is 7.27. The Bertz CT molecular complexity index is 731. The maximum Gasteiger partial charge on any atom is 0.275 e. The van der Waals surface area contributed by atoms with Crippen molar-refractivity contribution in [2.75, 3.05) is 0 Å². The number of pyridine rings is 1. The summed E-state index contributed by atoms with van der Waals surface area (Å²) >= 11 is 0. The average molecular weight is 291 g/mol. The van der Waals surface area contributed by atoms with Crippen molar-refractivity contribution in [3.8, 4) is 0 Å². The molecular weight excluding hydrogens is 274 g/mol. The van der Waals surface area contributed by atoms with Gasteiger partial charge in [0.2, 0.25) is 0 Å². The Balaban J connectivity index is 1.68. The van der Waals surface area contributed by atoms with Crippen molar-refractivity contribution in [2.45, 2.75) is 19.8 Å². The second kappa shape index (κ2) is 6.35. The fourth-order valence-electron chi connectivity index (χ4n) is 2.27. The largest absolute Gasteiger partial charge is 0.309 e. The van der Waals surface area contributed by atoms with Crippen molar-refractivity contribution in [3.05, 3.63) is 71.2 Å². The first kappa shape index (κ1) is 14.2. The number of aryl methyl sites for hydroxylation is 2. The minimum atomic E-state index is -0.150. The van der Waals surface area contributed by atoms with E-state index in [0.29, 0.717) is 5.70 Å². The minimum Gasteiger partial charge on any atom is -0.309 e.